The number of oxime groups is 1. The van der Waals surface area contributed by atoms with Crippen molar-refractivity contribution in [1.29, 1.82) is 0 Å². The zero-order valence-electron chi connectivity index (χ0n) is 12.1. The van der Waals surface area contributed by atoms with Crippen LogP contribution >= 0.6 is 0 Å². The fourth-order valence-electron chi connectivity index (χ4n) is 2.81. The smallest absolute Gasteiger partial charge is 0.254 e. The first-order chi connectivity index (χ1) is 10.0. The SMILES string of the molecule is Cc1cc(F)ccc1C(=O)N(C/C(N)=N/O)C1CCCC1. The highest BCUT2D eigenvalue weighted by atomic mass is 19.1. The van der Waals surface area contributed by atoms with Gasteiger partial charge in [-0.15, -0.1) is 0 Å². The minimum absolute atomic E-state index is 0.00462. The van der Waals surface area contributed by atoms with Gasteiger partial charge in [0.05, 0.1) is 6.54 Å². The summed E-state index contributed by atoms with van der Waals surface area (Å²) in [5.41, 5.74) is 6.60. The maximum atomic E-state index is 13.2. The van der Waals surface area contributed by atoms with Crippen molar-refractivity contribution >= 4 is 11.7 Å². The number of aryl methyl sites for hydroxylation is 1. The van der Waals surface area contributed by atoms with Gasteiger partial charge in [-0.3, -0.25) is 4.79 Å². The van der Waals surface area contributed by atoms with E-state index in [9.17, 15) is 9.18 Å². The van der Waals surface area contributed by atoms with E-state index in [-0.39, 0.29) is 30.1 Å². The van der Waals surface area contributed by atoms with Crippen LogP contribution in [-0.4, -0.2) is 34.4 Å². The minimum atomic E-state index is -0.368. The van der Waals surface area contributed by atoms with Gasteiger partial charge in [0, 0.05) is 11.6 Å². The van der Waals surface area contributed by atoms with Crippen molar-refractivity contribution in [2.45, 2.75) is 38.6 Å². The Morgan fingerprint density at radius 3 is 2.71 bits per heavy atom. The molecule has 1 saturated carbocycles. The molecule has 0 unspecified atom stereocenters. The Morgan fingerprint density at radius 2 is 2.14 bits per heavy atom. The predicted molar refractivity (Wildman–Crippen MR) is 77.8 cm³/mol. The number of amides is 1. The van der Waals surface area contributed by atoms with Gasteiger partial charge in [-0.1, -0.05) is 18.0 Å². The molecule has 0 bridgehead atoms. The van der Waals surface area contributed by atoms with Gasteiger partial charge in [-0.05, 0) is 43.5 Å². The molecule has 0 heterocycles. The van der Waals surface area contributed by atoms with Crippen molar-refractivity contribution < 1.29 is 14.4 Å². The predicted octanol–water partition coefficient (Wildman–Crippen LogP) is 2.27. The maximum Gasteiger partial charge on any atom is 0.254 e. The lowest BCUT2D eigenvalue weighted by atomic mass is 10.1. The Bertz CT molecular complexity index is 554. The molecule has 0 saturated heterocycles. The third kappa shape index (κ3) is 3.51. The lowest BCUT2D eigenvalue weighted by molar-refractivity contribution is 0.0711. The second-order valence-electron chi connectivity index (χ2n) is 5.42. The molecule has 2 rings (SSSR count). The van der Waals surface area contributed by atoms with Crippen LogP contribution in [0.5, 0.6) is 0 Å². The standard InChI is InChI=1S/C15H20FN3O2/c1-10-8-11(16)6-7-13(10)15(20)19(9-14(17)18-21)12-4-2-3-5-12/h6-8,12,21H,2-5,9H2,1H3,(H2,17,18). The van der Waals surface area contributed by atoms with E-state index in [0.717, 1.165) is 25.7 Å². The summed E-state index contributed by atoms with van der Waals surface area (Å²) >= 11 is 0. The monoisotopic (exact) mass is 293 g/mol. The minimum Gasteiger partial charge on any atom is -0.409 e. The highest BCUT2D eigenvalue weighted by Crippen LogP contribution is 2.25. The molecule has 114 valence electrons. The summed E-state index contributed by atoms with van der Waals surface area (Å²) in [7, 11) is 0. The van der Waals surface area contributed by atoms with E-state index >= 15 is 0 Å². The largest absolute Gasteiger partial charge is 0.409 e. The van der Waals surface area contributed by atoms with Gasteiger partial charge in [0.2, 0.25) is 0 Å². The van der Waals surface area contributed by atoms with Gasteiger partial charge in [-0.2, -0.15) is 0 Å². The second-order valence-corrected chi connectivity index (χ2v) is 5.42. The third-order valence-electron chi connectivity index (χ3n) is 3.91. The molecule has 1 aromatic rings. The van der Waals surface area contributed by atoms with E-state index in [1.54, 1.807) is 11.8 Å². The molecule has 1 fully saturated rings. The Balaban J connectivity index is 2.28. The first-order valence-electron chi connectivity index (χ1n) is 7.06. The first kappa shape index (κ1) is 15.3. The molecule has 0 atom stereocenters. The quantitative estimate of drug-likeness (QED) is 0.387. The van der Waals surface area contributed by atoms with Crippen LogP contribution in [0, 0.1) is 12.7 Å². The fourth-order valence-corrected chi connectivity index (χ4v) is 2.81. The maximum absolute atomic E-state index is 13.2. The zero-order valence-corrected chi connectivity index (χ0v) is 12.1. The molecule has 0 aliphatic heterocycles. The summed E-state index contributed by atoms with van der Waals surface area (Å²) in [6.45, 7) is 1.78. The van der Waals surface area contributed by atoms with Crippen LogP contribution in [0.25, 0.3) is 0 Å². The average Bonchev–Trinajstić information content (AvgIpc) is 2.97. The first-order valence-corrected chi connectivity index (χ1v) is 7.06. The lowest BCUT2D eigenvalue weighted by Crippen LogP contribution is -2.44. The number of hydrogen-bond donors (Lipinski definition) is 2. The number of rotatable bonds is 4. The summed E-state index contributed by atoms with van der Waals surface area (Å²) in [6, 6.07) is 4.18. The van der Waals surface area contributed by atoms with Crippen LogP contribution in [-0.2, 0) is 0 Å². The Labute approximate surface area is 123 Å². The summed E-state index contributed by atoms with van der Waals surface area (Å²) in [6.07, 6.45) is 3.94. The van der Waals surface area contributed by atoms with Crippen molar-refractivity contribution in [3.8, 4) is 0 Å². The van der Waals surface area contributed by atoms with E-state index in [1.807, 2.05) is 0 Å². The second kappa shape index (κ2) is 6.56. The summed E-state index contributed by atoms with van der Waals surface area (Å²) < 4.78 is 13.2. The van der Waals surface area contributed by atoms with Gasteiger partial charge in [0.25, 0.3) is 5.91 Å². The highest BCUT2D eigenvalue weighted by Gasteiger charge is 2.28. The van der Waals surface area contributed by atoms with Crippen molar-refractivity contribution in [3.05, 3.63) is 35.1 Å². The van der Waals surface area contributed by atoms with Crippen molar-refractivity contribution in [2.24, 2.45) is 10.9 Å². The molecule has 5 nitrogen and oxygen atoms in total. The molecular formula is C15H20FN3O2. The van der Waals surface area contributed by atoms with E-state index in [1.165, 1.54) is 18.2 Å². The topological polar surface area (TPSA) is 78.9 Å². The van der Waals surface area contributed by atoms with Crippen LogP contribution in [0.4, 0.5) is 4.39 Å². The molecule has 1 amide bonds. The number of benzene rings is 1. The van der Waals surface area contributed by atoms with Crippen molar-refractivity contribution in [3.63, 3.8) is 0 Å². The van der Waals surface area contributed by atoms with Gasteiger partial charge < -0.3 is 15.8 Å². The fraction of sp³-hybridized carbons (Fsp3) is 0.467. The molecule has 0 radical (unpaired) electrons. The van der Waals surface area contributed by atoms with Crippen LogP contribution in [0.2, 0.25) is 0 Å². The number of carbonyl (C=O) groups excluding carboxylic acids is 1. The molecule has 1 aliphatic rings. The number of amidine groups is 1. The molecular weight excluding hydrogens is 273 g/mol. The van der Waals surface area contributed by atoms with Crippen LogP contribution in [0.15, 0.2) is 23.4 Å². The van der Waals surface area contributed by atoms with E-state index in [0.29, 0.717) is 11.1 Å². The van der Waals surface area contributed by atoms with Crippen LogP contribution in [0.1, 0.15) is 41.6 Å². The Morgan fingerprint density at radius 1 is 1.48 bits per heavy atom. The van der Waals surface area contributed by atoms with E-state index in [2.05, 4.69) is 5.16 Å². The molecule has 1 aliphatic carbocycles. The van der Waals surface area contributed by atoms with Crippen molar-refractivity contribution in [1.82, 2.24) is 4.90 Å². The van der Waals surface area contributed by atoms with Gasteiger partial charge in [0.15, 0.2) is 5.84 Å². The highest BCUT2D eigenvalue weighted by molar-refractivity contribution is 5.98. The summed E-state index contributed by atoms with van der Waals surface area (Å²) in [5, 5.41) is 11.7. The summed E-state index contributed by atoms with van der Waals surface area (Å²) in [5.74, 6) is -0.575. The Kier molecular flexibility index (Phi) is 4.77. The molecule has 0 spiro atoms. The average molecular weight is 293 g/mol. The number of hydrogen-bond acceptors (Lipinski definition) is 3. The number of halogens is 1. The van der Waals surface area contributed by atoms with Crippen LogP contribution < -0.4 is 5.73 Å². The van der Waals surface area contributed by atoms with Crippen LogP contribution in [0.3, 0.4) is 0 Å². The molecule has 6 heteroatoms. The molecule has 1 aromatic carbocycles. The normalized spacial score (nSPS) is 16.2. The molecule has 21 heavy (non-hydrogen) atoms. The third-order valence-corrected chi connectivity index (χ3v) is 3.91. The lowest BCUT2D eigenvalue weighted by Gasteiger charge is -2.29. The van der Waals surface area contributed by atoms with Crippen molar-refractivity contribution in [2.75, 3.05) is 6.54 Å². The van der Waals surface area contributed by atoms with E-state index < -0.39 is 0 Å². The van der Waals surface area contributed by atoms with E-state index in [4.69, 9.17) is 10.9 Å². The molecule has 3 N–H and O–H groups in total. The molecule has 0 aromatic heterocycles. The Hall–Kier alpha value is -2.11. The zero-order chi connectivity index (χ0) is 15.4. The van der Waals surface area contributed by atoms with Gasteiger partial charge in [-0.25, -0.2) is 4.39 Å². The van der Waals surface area contributed by atoms with Gasteiger partial charge >= 0.3 is 0 Å². The van der Waals surface area contributed by atoms with Gasteiger partial charge in [0.1, 0.15) is 5.82 Å². The summed E-state index contributed by atoms with van der Waals surface area (Å²) in [4.78, 5) is 14.4. The number of carbonyl (C=O) groups is 1. The number of nitrogens with two attached hydrogens (primary N) is 1. The number of nitrogens with zero attached hydrogens (tertiary/aromatic N) is 2.